The second-order valence-corrected chi connectivity index (χ2v) is 5.23. The standard InChI is InChI=1S/C14H17F2N3O/c1-8(2)5-10(17)7-13-18-14(19-20-13)9-3-4-11(15)12(16)6-9/h3-4,6,8,10H,5,7,17H2,1-2H3. The maximum Gasteiger partial charge on any atom is 0.228 e. The molecule has 20 heavy (non-hydrogen) atoms. The van der Waals surface area contributed by atoms with Crippen LogP contribution in [0.2, 0.25) is 0 Å². The van der Waals surface area contributed by atoms with E-state index in [9.17, 15) is 8.78 Å². The summed E-state index contributed by atoms with van der Waals surface area (Å²) in [5, 5.41) is 3.76. The topological polar surface area (TPSA) is 64.9 Å². The molecule has 0 aliphatic carbocycles. The lowest BCUT2D eigenvalue weighted by molar-refractivity contribution is 0.359. The molecule has 0 spiro atoms. The van der Waals surface area contributed by atoms with Gasteiger partial charge >= 0.3 is 0 Å². The Morgan fingerprint density at radius 3 is 2.65 bits per heavy atom. The molecule has 1 unspecified atom stereocenters. The highest BCUT2D eigenvalue weighted by Crippen LogP contribution is 2.19. The largest absolute Gasteiger partial charge is 0.339 e. The van der Waals surface area contributed by atoms with Gasteiger partial charge in [0.2, 0.25) is 11.7 Å². The maximum atomic E-state index is 13.1. The SMILES string of the molecule is CC(C)CC(N)Cc1nc(-c2ccc(F)c(F)c2)no1. The van der Waals surface area contributed by atoms with Crippen molar-refractivity contribution in [2.45, 2.75) is 32.7 Å². The summed E-state index contributed by atoms with van der Waals surface area (Å²) in [6.07, 6.45) is 1.32. The van der Waals surface area contributed by atoms with E-state index in [-0.39, 0.29) is 11.9 Å². The summed E-state index contributed by atoms with van der Waals surface area (Å²) >= 11 is 0. The Morgan fingerprint density at radius 1 is 1.25 bits per heavy atom. The van der Waals surface area contributed by atoms with Crippen LogP contribution in [-0.4, -0.2) is 16.2 Å². The molecule has 2 aromatic rings. The molecule has 4 nitrogen and oxygen atoms in total. The van der Waals surface area contributed by atoms with Crippen LogP contribution in [0.15, 0.2) is 22.7 Å². The van der Waals surface area contributed by atoms with Crippen LogP contribution in [0.25, 0.3) is 11.4 Å². The maximum absolute atomic E-state index is 13.1. The first-order valence-electron chi connectivity index (χ1n) is 6.49. The van der Waals surface area contributed by atoms with Crippen LogP contribution in [0.3, 0.4) is 0 Å². The normalized spacial score (nSPS) is 12.9. The predicted molar refractivity (Wildman–Crippen MR) is 70.8 cm³/mol. The zero-order valence-electron chi connectivity index (χ0n) is 11.4. The average Bonchev–Trinajstić information content (AvgIpc) is 2.80. The Bertz CT molecular complexity index is 584. The minimum atomic E-state index is -0.939. The fraction of sp³-hybridized carbons (Fsp3) is 0.429. The zero-order chi connectivity index (χ0) is 14.7. The number of hydrogen-bond acceptors (Lipinski definition) is 4. The van der Waals surface area contributed by atoms with Gasteiger partial charge in [-0.1, -0.05) is 19.0 Å². The van der Waals surface area contributed by atoms with Crippen molar-refractivity contribution >= 4 is 0 Å². The van der Waals surface area contributed by atoms with Crippen molar-refractivity contribution in [3.63, 3.8) is 0 Å². The number of rotatable bonds is 5. The Kier molecular flexibility index (Phi) is 4.44. The summed E-state index contributed by atoms with van der Waals surface area (Å²) in [4.78, 5) is 4.15. The molecule has 2 rings (SSSR count). The molecule has 1 aromatic carbocycles. The van der Waals surface area contributed by atoms with E-state index < -0.39 is 11.6 Å². The van der Waals surface area contributed by atoms with Gasteiger partial charge in [0.1, 0.15) is 0 Å². The van der Waals surface area contributed by atoms with Crippen LogP contribution >= 0.6 is 0 Å². The van der Waals surface area contributed by atoms with E-state index in [0.717, 1.165) is 18.6 Å². The molecule has 0 saturated carbocycles. The van der Waals surface area contributed by atoms with E-state index in [4.69, 9.17) is 10.3 Å². The van der Waals surface area contributed by atoms with Crippen molar-refractivity contribution in [1.82, 2.24) is 10.1 Å². The lowest BCUT2D eigenvalue weighted by Crippen LogP contribution is -2.24. The van der Waals surface area contributed by atoms with Crippen LogP contribution in [-0.2, 0) is 6.42 Å². The summed E-state index contributed by atoms with van der Waals surface area (Å²) in [7, 11) is 0. The van der Waals surface area contributed by atoms with Crippen molar-refractivity contribution in [3.8, 4) is 11.4 Å². The van der Waals surface area contributed by atoms with Gasteiger partial charge in [0.15, 0.2) is 11.6 Å². The van der Waals surface area contributed by atoms with Gasteiger partial charge in [0.25, 0.3) is 0 Å². The lowest BCUT2D eigenvalue weighted by Gasteiger charge is -2.10. The highest BCUT2D eigenvalue weighted by molar-refractivity contribution is 5.54. The van der Waals surface area contributed by atoms with Gasteiger partial charge in [-0.25, -0.2) is 8.78 Å². The van der Waals surface area contributed by atoms with Crippen molar-refractivity contribution in [2.75, 3.05) is 0 Å². The van der Waals surface area contributed by atoms with Gasteiger partial charge in [-0.2, -0.15) is 4.98 Å². The molecule has 0 fully saturated rings. The smallest absolute Gasteiger partial charge is 0.228 e. The van der Waals surface area contributed by atoms with Gasteiger partial charge in [-0.05, 0) is 30.5 Å². The molecule has 0 saturated heterocycles. The van der Waals surface area contributed by atoms with E-state index >= 15 is 0 Å². The molecule has 6 heteroatoms. The number of halogens is 2. The predicted octanol–water partition coefficient (Wildman–Crippen LogP) is 2.93. The zero-order valence-corrected chi connectivity index (χ0v) is 11.4. The highest BCUT2D eigenvalue weighted by Gasteiger charge is 2.14. The minimum Gasteiger partial charge on any atom is -0.339 e. The van der Waals surface area contributed by atoms with Gasteiger partial charge < -0.3 is 10.3 Å². The van der Waals surface area contributed by atoms with Crippen LogP contribution in [0.4, 0.5) is 8.78 Å². The number of benzene rings is 1. The molecule has 1 aromatic heterocycles. The monoisotopic (exact) mass is 281 g/mol. The summed E-state index contributed by atoms with van der Waals surface area (Å²) in [5.74, 6) is -0.728. The number of hydrogen-bond donors (Lipinski definition) is 1. The first-order chi connectivity index (χ1) is 9.45. The Labute approximate surface area is 116 Å². The van der Waals surface area contributed by atoms with E-state index in [2.05, 4.69) is 24.0 Å². The fourth-order valence-electron chi connectivity index (χ4n) is 2.00. The Balaban J connectivity index is 2.10. The molecule has 1 heterocycles. The average molecular weight is 281 g/mol. The van der Waals surface area contributed by atoms with E-state index in [0.29, 0.717) is 23.8 Å². The Morgan fingerprint density at radius 2 is 2.00 bits per heavy atom. The van der Waals surface area contributed by atoms with Crippen molar-refractivity contribution in [2.24, 2.45) is 11.7 Å². The Hall–Kier alpha value is -1.82. The van der Waals surface area contributed by atoms with Crippen molar-refractivity contribution in [1.29, 1.82) is 0 Å². The summed E-state index contributed by atoms with van der Waals surface area (Å²) in [6.45, 7) is 4.17. The van der Waals surface area contributed by atoms with E-state index in [1.165, 1.54) is 6.07 Å². The lowest BCUT2D eigenvalue weighted by atomic mass is 10.0. The third kappa shape index (κ3) is 3.60. The minimum absolute atomic E-state index is 0.0618. The molecule has 108 valence electrons. The summed E-state index contributed by atoms with van der Waals surface area (Å²) in [5.41, 5.74) is 6.33. The second-order valence-electron chi connectivity index (χ2n) is 5.23. The van der Waals surface area contributed by atoms with Crippen LogP contribution in [0.1, 0.15) is 26.2 Å². The molecule has 2 N–H and O–H groups in total. The molecular formula is C14H17F2N3O. The molecule has 1 atom stereocenters. The molecule has 0 aliphatic rings. The second kappa shape index (κ2) is 6.09. The van der Waals surface area contributed by atoms with E-state index in [1.807, 2.05) is 0 Å². The van der Waals surface area contributed by atoms with Crippen molar-refractivity contribution < 1.29 is 13.3 Å². The van der Waals surface area contributed by atoms with Crippen LogP contribution in [0.5, 0.6) is 0 Å². The first kappa shape index (κ1) is 14.6. The van der Waals surface area contributed by atoms with Gasteiger partial charge in [0, 0.05) is 18.0 Å². The highest BCUT2D eigenvalue weighted by atomic mass is 19.2. The molecule has 0 aliphatic heterocycles. The number of aromatic nitrogens is 2. The number of nitrogens with two attached hydrogens (primary N) is 1. The first-order valence-corrected chi connectivity index (χ1v) is 6.49. The fourth-order valence-corrected chi connectivity index (χ4v) is 2.00. The van der Waals surface area contributed by atoms with E-state index in [1.54, 1.807) is 0 Å². The third-order valence-electron chi connectivity index (χ3n) is 2.86. The number of nitrogens with zero attached hydrogens (tertiary/aromatic N) is 2. The molecule has 0 radical (unpaired) electrons. The third-order valence-corrected chi connectivity index (χ3v) is 2.86. The molecule has 0 bridgehead atoms. The van der Waals surface area contributed by atoms with Gasteiger partial charge in [-0.3, -0.25) is 0 Å². The van der Waals surface area contributed by atoms with Gasteiger partial charge in [-0.15, -0.1) is 0 Å². The molecule has 0 amide bonds. The van der Waals surface area contributed by atoms with Crippen LogP contribution < -0.4 is 5.73 Å². The van der Waals surface area contributed by atoms with Crippen LogP contribution in [0, 0.1) is 17.6 Å². The van der Waals surface area contributed by atoms with Gasteiger partial charge in [0.05, 0.1) is 0 Å². The summed E-state index contributed by atoms with van der Waals surface area (Å²) < 4.78 is 31.1. The summed E-state index contributed by atoms with van der Waals surface area (Å²) in [6, 6.07) is 3.41. The molecular weight excluding hydrogens is 264 g/mol. The quantitative estimate of drug-likeness (QED) is 0.915. The van der Waals surface area contributed by atoms with Crippen molar-refractivity contribution in [3.05, 3.63) is 35.7 Å².